The number of nitrogens with one attached hydrogen (secondary N) is 1. The highest BCUT2D eigenvalue weighted by atomic mass is 32.2. The molecule has 386 valence electrons. The number of carbonyl (C=O) groups excluding carboxylic acids is 2. The molecule has 2 atom stereocenters. The molecule has 8 rings (SSSR count). The molecule has 3 aromatic heterocycles. The normalized spacial score (nSPS) is 21.8. The fourth-order valence-corrected chi connectivity index (χ4v) is 15.3. The third-order valence-corrected chi connectivity index (χ3v) is 20.0. The van der Waals surface area contributed by atoms with E-state index in [1.165, 1.54) is 47.2 Å². The Bertz CT molecular complexity index is 3170. The Balaban J connectivity index is 1.17. The molecule has 72 heavy (non-hydrogen) atoms. The second-order valence-electron chi connectivity index (χ2n) is 17.2. The number of benzene rings is 1. The average molecular weight is 1120 g/mol. The number of carbonyl (C=O) groups is 2. The third kappa shape index (κ3) is 10.2. The molecule has 0 saturated heterocycles. The molecule has 5 heterocycles. The van der Waals surface area contributed by atoms with Crippen molar-refractivity contribution in [1.29, 1.82) is 0 Å². The number of fused-ring (bicyclic) bond motifs is 4. The first kappa shape index (κ1) is 53.8. The second-order valence-corrected chi connectivity index (χ2v) is 25.4. The molecular weight excluding hydrogens is 1070 g/mol. The minimum absolute atomic E-state index is 0.0704. The molecule has 2 aliphatic carbocycles. The quantitative estimate of drug-likeness (QED) is 0.0327. The minimum atomic E-state index is -5.81. The van der Waals surface area contributed by atoms with Crippen molar-refractivity contribution in [2.24, 2.45) is 0 Å². The van der Waals surface area contributed by atoms with Crippen molar-refractivity contribution in [2.75, 3.05) is 44.9 Å². The molecule has 0 amide bonds. The Labute approximate surface area is 426 Å². The van der Waals surface area contributed by atoms with E-state index in [1.54, 1.807) is 69.4 Å². The number of halogens is 6. The lowest BCUT2D eigenvalue weighted by atomic mass is 9.71. The Morgan fingerprint density at radius 2 is 1.10 bits per heavy atom. The molecule has 1 aromatic carbocycles. The minimum Gasteiger partial charge on any atom is -0.492 e. The first-order valence-electron chi connectivity index (χ1n) is 21.9. The van der Waals surface area contributed by atoms with Crippen molar-refractivity contribution in [3.05, 3.63) is 116 Å². The van der Waals surface area contributed by atoms with E-state index in [9.17, 15) is 26.4 Å². The van der Waals surface area contributed by atoms with Crippen LogP contribution in [0.15, 0.2) is 95.4 Å². The van der Waals surface area contributed by atoms with Crippen molar-refractivity contribution < 1.29 is 76.1 Å². The number of ether oxygens (including phenoxy) is 3. The summed E-state index contributed by atoms with van der Waals surface area (Å²) < 4.78 is 173. The van der Waals surface area contributed by atoms with Gasteiger partial charge in [0.05, 0.1) is 47.1 Å². The number of hydrogen-bond donors (Lipinski definition) is 3. The number of rotatable bonds is 20. The molecule has 0 bridgehead atoms. The summed E-state index contributed by atoms with van der Waals surface area (Å²) in [5.41, 5.74) is -1.13. The largest absolute Gasteiger partial charge is 0.492 e. The summed E-state index contributed by atoms with van der Waals surface area (Å²) in [5, 5.41) is 2.98. The van der Waals surface area contributed by atoms with Gasteiger partial charge in [0, 0.05) is 72.2 Å². The Kier molecular flexibility index (Phi) is 14.9. The van der Waals surface area contributed by atoms with Gasteiger partial charge in [-0.25, -0.2) is 0 Å². The van der Waals surface area contributed by atoms with E-state index >= 15 is 26.3 Å². The number of thioether (sulfide) groups is 2. The molecule has 13 nitrogen and oxygen atoms in total. The maximum Gasteiger partial charge on any atom is 0.380 e. The van der Waals surface area contributed by atoms with Gasteiger partial charge in [-0.15, -0.1) is 46.2 Å². The SMILES string of the molecule is CNCCOc1ccc(-c2sc(C3=CC4=C5C(=C6C=C(c7cc(CCOC(=O)CCS(=O)(=O)O)c(-c8ccncc8)s7)S[C@]6(C)[C@@]4(C)S3)C(F)(F)C(F)(F)C5(F)F)cc2CCOC(=O)CCS(=O)(=O)O)cc1. The summed E-state index contributed by atoms with van der Waals surface area (Å²) in [6.07, 6.45) is 4.56. The van der Waals surface area contributed by atoms with Gasteiger partial charge in [-0.2, -0.15) is 43.2 Å². The highest BCUT2D eigenvalue weighted by Crippen LogP contribution is 2.75. The number of nitrogens with zero attached hydrogens (tertiary/aromatic N) is 1. The lowest BCUT2D eigenvalue weighted by Crippen LogP contribution is -2.48. The van der Waals surface area contributed by atoms with Gasteiger partial charge in [0.25, 0.3) is 20.2 Å². The van der Waals surface area contributed by atoms with E-state index in [4.69, 9.17) is 23.3 Å². The van der Waals surface area contributed by atoms with E-state index in [-0.39, 0.29) is 37.2 Å². The number of thiophene rings is 2. The van der Waals surface area contributed by atoms with Crippen LogP contribution < -0.4 is 10.1 Å². The van der Waals surface area contributed by atoms with Crippen molar-refractivity contribution >= 4 is 88.2 Å². The van der Waals surface area contributed by atoms with Crippen LogP contribution in [0.2, 0.25) is 0 Å². The molecule has 4 aliphatic rings. The summed E-state index contributed by atoms with van der Waals surface area (Å²) in [5.74, 6) is -19.3. The van der Waals surface area contributed by atoms with Crippen LogP contribution >= 0.6 is 46.2 Å². The molecule has 1 saturated carbocycles. The molecular formula is C47H44F6N2O11S6. The number of esters is 2. The Hall–Kier alpha value is -4.47. The zero-order chi connectivity index (χ0) is 52.2. The zero-order valence-electron chi connectivity index (χ0n) is 38.2. The summed E-state index contributed by atoms with van der Waals surface area (Å²) in [6, 6.07) is 13.8. The van der Waals surface area contributed by atoms with Gasteiger partial charge in [-0.05, 0) is 115 Å². The van der Waals surface area contributed by atoms with Crippen LogP contribution in [-0.2, 0) is 52.1 Å². The van der Waals surface area contributed by atoms with Crippen molar-refractivity contribution in [3.63, 3.8) is 0 Å². The summed E-state index contributed by atoms with van der Waals surface area (Å²) in [6.45, 7) is 3.65. The van der Waals surface area contributed by atoms with Crippen molar-refractivity contribution in [3.8, 4) is 26.6 Å². The summed E-state index contributed by atoms with van der Waals surface area (Å²) >= 11 is 4.55. The third-order valence-electron chi connectivity index (χ3n) is 12.5. The fourth-order valence-electron chi connectivity index (χ4n) is 8.71. The number of hydrogen-bond acceptors (Lipinski definition) is 15. The van der Waals surface area contributed by atoms with Gasteiger partial charge >= 0.3 is 29.7 Å². The van der Waals surface area contributed by atoms with Crippen LogP contribution in [-0.4, -0.2) is 115 Å². The summed E-state index contributed by atoms with van der Waals surface area (Å²) in [7, 11) is -7.10. The van der Waals surface area contributed by atoms with E-state index in [1.807, 2.05) is 0 Å². The number of likely N-dealkylation sites (N-methyl/N-ethyl adjacent to an activating group) is 1. The molecule has 3 N–H and O–H groups in total. The average Bonchev–Trinajstić information content (AvgIpc) is 4.12. The smallest absolute Gasteiger partial charge is 0.380 e. The zero-order valence-corrected chi connectivity index (χ0v) is 43.1. The number of aromatic nitrogens is 1. The van der Waals surface area contributed by atoms with Crippen LogP contribution in [0.25, 0.3) is 30.7 Å². The molecule has 1 fully saturated rings. The predicted molar refractivity (Wildman–Crippen MR) is 265 cm³/mol. The molecule has 0 radical (unpaired) electrons. The van der Waals surface area contributed by atoms with Gasteiger partial charge in [-0.1, -0.05) is 0 Å². The summed E-state index contributed by atoms with van der Waals surface area (Å²) in [4.78, 5) is 31.6. The van der Waals surface area contributed by atoms with E-state index in [0.717, 1.165) is 23.5 Å². The first-order valence-corrected chi connectivity index (χ1v) is 28.4. The molecule has 2 aliphatic heterocycles. The lowest BCUT2D eigenvalue weighted by molar-refractivity contribution is -0.258. The van der Waals surface area contributed by atoms with Gasteiger partial charge in [0.2, 0.25) is 0 Å². The number of pyridine rings is 1. The Morgan fingerprint density at radius 3 is 1.51 bits per heavy atom. The van der Waals surface area contributed by atoms with Gasteiger partial charge in [-0.3, -0.25) is 23.7 Å². The lowest BCUT2D eigenvalue weighted by Gasteiger charge is -2.47. The Morgan fingerprint density at radius 1 is 0.667 bits per heavy atom. The topological polar surface area (TPSA) is 195 Å². The molecule has 4 aromatic rings. The second kappa shape index (κ2) is 20.0. The highest BCUT2D eigenvalue weighted by molar-refractivity contribution is 8.14. The number of alkyl halides is 6. The fraction of sp³-hybridized carbons (Fsp3) is 0.383. The van der Waals surface area contributed by atoms with Crippen molar-refractivity contribution in [1.82, 2.24) is 10.3 Å². The van der Waals surface area contributed by atoms with E-state index < -0.39 is 94.9 Å². The van der Waals surface area contributed by atoms with Gasteiger partial charge < -0.3 is 19.5 Å². The monoisotopic (exact) mass is 1120 g/mol. The van der Waals surface area contributed by atoms with Crippen LogP contribution in [0.1, 0.15) is 47.6 Å². The molecule has 25 heteroatoms. The van der Waals surface area contributed by atoms with Crippen LogP contribution in [0, 0.1) is 0 Å². The molecule has 0 unspecified atom stereocenters. The van der Waals surface area contributed by atoms with Crippen LogP contribution in [0.4, 0.5) is 26.3 Å². The highest BCUT2D eigenvalue weighted by Gasteiger charge is 2.84. The van der Waals surface area contributed by atoms with Crippen LogP contribution in [0.3, 0.4) is 0 Å². The molecule has 0 spiro atoms. The maximum atomic E-state index is 16.4. The van der Waals surface area contributed by atoms with Gasteiger partial charge in [0.15, 0.2) is 0 Å². The van der Waals surface area contributed by atoms with Crippen molar-refractivity contribution in [2.45, 2.75) is 66.8 Å². The van der Waals surface area contributed by atoms with Crippen LogP contribution in [0.5, 0.6) is 5.75 Å². The van der Waals surface area contributed by atoms with E-state index in [2.05, 4.69) is 10.3 Å². The van der Waals surface area contributed by atoms with E-state index in [0.29, 0.717) is 70.5 Å². The predicted octanol–water partition coefficient (Wildman–Crippen LogP) is 9.78. The van der Waals surface area contributed by atoms with Gasteiger partial charge in [0.1, 0.15) is 12.4 Å². The standard InChI is InChI=1S/C47H44F6N2O11S6/c1-43-31(24-35(69-43)33-22-28(10-17-65-37(56)12-20-71(58,59)60)41(67-33)26-4-6-30(7-5-26)64-19-16-54-3)39-40(46(50,51)47(52,53)45(39,48)49)32-25-36(70-44(32,43)2)34-23-29(42(68-34)27-8-14-55-15-9-27)11-18-66-38(57)13-21-72(61,62)63/h4-9,14-15,22-25,54H,10-13,16-21H2,1-3H3,(H,58,59,60)(H,61,62,63)/t43-,44-/m0/s1. The maximum absolute atomic E-state index is 16.4. The first-order chi connectivity index (χ1) is 33.7. The number of allylic oxidation sites excluding steroid dienone is 4.